The van der Waals surface area contributed by atoms with Gasteiger partial charge in [-0.3, -0.25) is 9.59 Å². The van der Waals surface area contributed by atoms with Crippen molar-refractivity contribution in [2.75, 3.05) is 0 Å². The Balaban J connectivity index is 1.74. The molecule has 35 heavy (non-hydrogen) atoms. The molecule has 0 radical (unpaired) electrons. The van der Waals surface area contributed by atoms with E-state index in [4.69, 9.17) is 20.2 Å². The average Bonchev–Trinajstić information content (AvgIpc) is 3.22. The normalized spacial score (nSPS) is 19.2. The number of benzene rings is 1. The molecule has 4 heterocycles. The highest BCUT2D eigenvalue weighted by molar-refractivity contribution is 5.90. The zero-order valence-electron chi connectivity index (χ0n) is 20.4. The highest BCUT2D eigenvalue weighted by Gasteiger charge is 2.51. The fourth-order valence-corrected chi connectivity index (χ4v) is 5.19. The summed E-state index contributed by atoms with van der Waals surface area (Å²) in [4.78, 5) is 44.6. The van der Waals surface area contributed by atoms with Gasteiger partial charge in [-0.2, -0.15) is 0 Å². The van der Waals surface area contributed by atoms with Gasteiger partial charge >= 0.3 is 11.9 Å². The lowest BCUT2D eigenvalue weighted by molar-refractivity contribution is -0.190. The molecule has 1 unspecified atom stereocenters. The van der Waals surface area contributed by atoms with Gasteiger partial charge in [-0.25, -0.2) is 9.78 Å². The van der Waals surface area contributed by atoms with Crippen LogP contribution in [0, 0.1) is 5.92 Å². The van der Waals surface area contributed by atoms with E-state index >= 15 is 0 Å². The molecule has 5 rings (SSSR count). The third-order valence-corrected chi connectivity index (χ3v) is 7.30. The highest BCUT2D eigenvalue weighted by atomic mass is 16.6. The van der Waals surface area contributed by atoms with Gasteiger partial charge in [0, 0.05) is 16.5 Å². The Morgan fingerprint density at radius 1 is 1.23 bits per heavy atom. The summed E-state index contributed by atoms with van der Waals surface area (Å²) in [6.45, 7) is 7.64. The topological polar surface area (TPSA) is 114 Å². The fourth-order valence-electron chi connectivity index (χ4n) is 5.19. The van der Waals surface area contributed by atoms with Crippen molar-refractivity contribution in [1.82, 2.24) is 9.55 Å². The van der Waals surface area contributed by atoms with Gasteiger partial charge in [0.25, 0.3) is 5.56 Å². The van der Waals surface area contributed by atoms with Gasteiger partial charge in [0.05, 0.1) is 29.0 Å². The number of hydrogen-bond acceptors (Lipinski definition) is 7. The first-order valence-electron chi connectivity index (χ1n) is 12.1. The molecule has 0 aliphatic carbocycles. The van der Waals surface area contributed by atoms with Crippen LogP contribution in [0.3, 0.4) is 0 Å². The van der Waals surface area contributed by atoms with E-state index in [2.05, 4.69) is 6.92 Å². The van der Waals surface area contributed by atoms with Gasteiger partial charge in [0.15, 0.2) is 0 Å². The molecule has 0 amide bonds. The average molecular weight is 476 g/mol. The smallest absolute Gasteiger partial charge is 0.355 e. The van der Waals surface area contributed by atoms with Crippen LogP contribution >= 0.6 is 0 Å². The van der Waals surface area contributed by atoms with Crippen LogP contribution in [0.1, 0.15) is 56.4 Å². The minimum atomic E-state index is -1.74. The van der Waals surface area contributed by atoms with Crippen molar-refractivity contribution in [3.05, 3.63) is 62.9 Å². The number of carbonyl (C=O) groups is 2. The van der Waals surface area contributed by atoms with Crippen LogP contribution in [-0.4, -0.2) is 27.5 Å². The molecule has 1 aromatic carbocycles. The summed E-state index contributed by atoms with van der Waals surface area (Å²) in [6, 6.07) is 8.79. The van der Waals surface area contributed by atoms with Crippen molar-refractivity contribution in [1.29, 1.82) is 0 Å². The minimum absolute atomic E-state index is 0.108. The molecule has 0 spiro atoms. The maximum absolute atomic E-state index is 13.7. The molecular formula is C27H29N3O5. The summed E-state index contributed by atoms with van der Waals surface area (Å²) < 4.78 is 12.9. The van der Waals surface area contributed by atoms with Crippen LogP contribution in [0.25, 0.3) is 22.3 Å². The van der Waals surface area contributed by atoms with Crippen LogP contribution in [0.5, 0.6) is 0 Å². The number of cyclic esters (lactones) is 1. The van der Waals surface area contributed by atoms with E-state index in [9.17, 15) is 14.4 Å². The number of nitrogens with two attached hydrogens (primary N) is 1. The van der Waals surface area contributed by atoms with Gasteiger partial charge in [-0.05, 0) is 36.5 Å². The number of hydrogen-bond donors (Lipinski definition) is 1. The molecule has 0 fully saturated rings. The van der Waals surface area contributed by atoms with E-state index in [-0.39, 0.29) is 24.5 Å². The first-order chi connectivity index (χ1) is 16.7. The standard InChI is InChI=1S/C27H29N3O5/c1-5-15-16-9-7-8-10-20(16)29-23-17(15)12-30-21(23)11-19-18(24(30)31)13-34-26(33)27(19,6-2)35-25(32)22(28)14(3)4/h7-11,14,22H,5-6,12-13,28H2,1-4H3/t22-,27?/m0/s1. The van der Waals surface area contributed by atoms with E-state index in [0.29, 0.717) is 23.4 Å². The number of aromatic nitrogens is 2. The van der Waals surface area contributed by atoms with E-state index in [1.165, 1.54) is 0 Å². The first kappa shape index (κ1) is 23.2. The second-order valence-electron chi connectivity index (χ2n) is 9.55. The zero-order valence-corrected chi connectivity index (χ0v) is 20.4. The van der Waals surface area contributed by atoms with E-state index in [1.54, 1.807) is 31.4 Å². The number of ether oxygens (including phenoxy) is 2. The number of aryl methyl sites for hydroxylation is 1. The summed E-state index contributed by atoms with van der Waals surface area (Å²) in [6.07, 6.45) is 0.898. The summed E-state index contributed by atoms with van der Waals surface area (Å²) in [5.74, 6) is -1.58. The van der Waals surface area contributed by atoms with Crippen LogP contribution in [0.4, 0.5) is 0 Å². The minimum Gasteiger partial charge on any atom is -0.457 e. The Kier molecular flexibility index (Phi) is 5.51. The number of para-hydroxylation sites is 1. The van der Waals surface area contributed by atoms with E-state index in [0.717, 1.165) is 34.1 Å². The lowest BCUT2D eigenvalue weighted by atomic mass is 9.85. The number of rotatable bonds is 5. The second-order valence-corrected chi connectivity index (χ2v) is 9.55. The van der Waals surface area contributed by atoms with Crippen LogP contribution in [0.15, 0.2) is 35.1 Å². The molecule has 0 saturated heterocycles. The predicted molar refractivity (Wildman–Crippen MR) is 131 cm³/mol. The molecule has 3 aromatic rings. The maximum atomic E-state index is 13.7. The molecular weight excluding hydrogens is 446 g/mol. The zero-order chi connectivity index (χ0) is 25.1. The van der Waals surface area contributed by atoms with Gasteiger partial charge in [0.2, 0.25) is 5.60 Å². The summed E-state index contributed by atoms with van der Waals surface area (Å²) in [5, 5.41) is 1.07. The Hall–Kier alpha value is -3.52. The highest BCUT2D eigenvalue weighted by Crippen LogP contribution is 2.42. The van der Waals surface area contributed by atoms with Gasteiger partial charge < -0.3 is 19.8 Å². The van der Waals surface area contributed by atoms with Crippen molar-refractivity contribution in [2.24, 2.45) is 11.7 Å². The Morgan fingerprint density at radius 3 is 2.66 bits per heavy atom. The van der Waals surface area contributed by atoms with Crippen molar-refractivity contribution in [2.45, 2.75) is 65.3 Å². The Bertz CT molecular complexity index is 1440. The molecule has 8 heteroatoms. The third-order valence-electron chi connectivity index (χ3n) is 7.30. The van der Waals surface area contributed by atoms with Crippen LogP contribution < -0.4 is 11.3 Å². The molecule has 0 saturated carbocycles. The third kappa shape index (κ3) is 3.31. The monoisotopic (exact) mass is 475 g/mol. The largest absolute Gasteiger partial charge is 0.457 e. The van der Waals surface area contributed by atoms with Crippen LogP contribution in [-0.2, 0) is 44.2 Å². The number of pyridine rings is 2. The summed E-state index contributed by atoms with van der Waals surface area (Å²) >= 11 is 0. The van der Waals surface area contributed by atoms with Gasteiger partial charge in [0.1, 0.15) is 12.6 Å². The molecule has 2 atom stereocenters. The molecule has 182 valence electrons. The molecule has 2 aromatic heterocycles. The second kappa shape index (κ2) is 8.30. The number of fused-ring (bicyclic) bond motifs is 5. The molecule has 2 aliphatic rings. The fraction of sp³-hybridized carbons (Fsp3) is 0.407. The maximum Gasteiger partial charge on any atom is 0.355 e. The molecule has 8 nitrogen and oxygen atoms in total. The van der Waals surface area contributed by atoms with Gasteiger partial charge in [-0.15, -0.1) is 0 Å². The molecule has 2 N–H and O–H groups in total. The lowest BCUT2D eigenvalue weighted by Crippen LogP contribution is -2.50. The quantitative estimate of drug-likeness (QED) is 0.441. The number of esters is 2. The van der Waals surface area contributed by atoms with Crippen molar-refractivity contribution in [3.63, 3.8) is 0 Å². The molecule has 0 bridgehead atoms. The first-order valence-corrected chi connectivity index (χ1v) is 12.1. The van der Waals surface area contributed by atoms with E-state index in [1.807, 2.05) is 24.3 Å². The van der Waals surface area contributed by atoms with E-state index < -0.39 is 23.6 Å². The predicted octanol–water partition coefficient (Wildman–Crippen LogP) is 3.18. The summed E-state index contributed by atoms with van der Waals surface area (Å²) in [5.41, 5.74) is 9.01. The van der Waals surface area contributed by atoms with Crippen molar-refractivity contribution in [3.8, 4) is 11.4 Å². The number of carbonyl (C=O) groups excluding carboxylic acids is 2. The van der Waals surface area contributed by atoms with Crippen molar-refractivity contribution >= 4 is 22.8 Å². The lowest BCUT2D eigenvalue weighted by Gasteiger charge is -2.36. The summed E-state index contributed by atoms with van der Waals surface area (Å²) in [7, 11) is 0. The SMILES string of the molecule is CCc1c2c(nc3ccccc13)-c1cc3c(c(=O)n1C2)COC(=O)C3(CC)OC(=O)[C@@H](N)C(C)C. The van der Waals surface area contributed by atoms with Crippen LogP contribution in [0.2, 0.25) is 0 Å². The Labute approximate surface area is 203 Å². The number of nitrogens with zero attached hydrogens (tertiary/aromatic N) is 2. The Morgan fingerprint density at radius 2 is 1.97 bits per heavy atom. The van der Waals surface area contributed by atoms with Gasteiger partial charge in [-0.1, -0.05) is 45.9 Å². The molecule has 2 aliphatic heterocycles. The van der Waals surface area contributed by atoms with Crippen molar-refractivity contribution < 1.29 is 19.1 Å².